The molecule has 0 saturated heterocycles. The van der Waals surface area contributed by atoms with E-state index in [2.05, 4.69) is 27.0 Å². The van der Waals surface area contributed by atoms with Crippen molar-refractivity contribution in [2.24, 2.45) is 5.10 Å². The van der Waals surface area contributed by atoms with Gasteiger partial charge in [-0.2, -0.15) is 9.78 Å². The molecule has 3 aromatic rings. The van der Waals surface area contributed by atoms with E-state index in [0.29, 0.717) is 26.1 Å². The fourth-order valence-electron chi connectivity index (χ4n) is 3.91. The fourth-order valence-corrected chi connectivity index (χ4v) is 4.90. The van der Waals surface area contributed by atoms with Crippen molar-refractivity contribution >= 4 is 44.6 Å². The van der Waals surface area contributed by atoms with Gasteiger partial charge in [0.05, 0.1) is 26.6 Å². The Bertz CT molecular complexity index is 1220. The first-order valence-electron chi connectivity index (χ1n) is 10.2. The molecule has 0 radical (unpaired) electrons. The van der Waals surface area contributed by atoms with Crippen molar-refractivity contribution < 1.29 is 4.74 Å². The molecular weight excluding hydrogens is 478 g/mol. The average molecular weight is 499 g/mol. The van der Waals surface area contributed by atoms with Gasteiger partial charge in [0.15, 0.2) is 5.75 Å². The van der Waals surface area contributed by atoms with Crippen molar-refractivity contribution in [1.29, 1.82) is 0 Å². The van der Waals surface area contributed by atoms with Crippen LogP contribution in [0.1, 0.15) is 49.4 Å². The van der Waals surface area contributed by atoms with Gasteiger partial charge in [0.1, 0.15) is 12.4 Å². The molecule has 31 heavy (non-hydrogen) atoms. The number of hydrogen-bond donors (Lipinski definition) is 0. The molecule has 0 unspecified atom stereocenters. The molecule has 1 saturated carbocycles. The molecule has 5 nitrogen and oxygen atoms in total. The van der Waals surface area contributed by atoms with Crippen molar-refractivity contribution in [3.63, 3.8) is 0 Å². The number of ether oxygens (including phenoxy) is 1. The third-order valence-electron chi connectivity index (χ3n) is 5.39. The van der Waals surface area contributed by atoms with Gasteiger partial charge in [-0.05, 0) is 58.6 Å². The van der Waals surface area contributed by atoms with Crippen molar-refractivity contribution in [3.05, 3.63) is 67.6 Å². The van der Waals surface area contributed by atoms with Crippen molar-refractivity contribution in [2.45, 2.75) is 38.0 Å². The van der Waals surface area contributed by atoms with Crippen LogP contribution in [0.3, 0.4) is 0 Å². The van der Waals surface area contributed by atoms with Gasteiger partial charge in [0.25, 0.3) is 5.56 Å². The largest absolute Gasteiger partial charge is 0.478 e. The number of halogens is 2. The molecule has 1 heterocycles. The van der Waals surface area contributed by atoms with Crippen LogP contribution in [0.25, 0.3) is 10.9 Å². The molecule has 1 fully saturated rings. The fraction of sp³-hybridized carbons (Fsp3) is 0.292. The summed E-state index contributed by atoms with van der Waals surface area (Å²) in [5.74, 6) is 3.83. The predicted octanol–water partition coefficient (Wildman–Crippen LogP) is 5.75. The van der Waals surface area contributed by atoms with Crippen molar-refractivity contribution in [2.75, 3.05) is 6.61 Å². The molecule has 1 aliphatic rings. The number of benzene rings is 2. The highest BCUT2D eigenvalue weighted by Crippen LogP contribution is 2.34. The number of terminal acetylenes is 1. The first-order chi connectivity index (χ1) is 15.1. The Morgan fingerprint density at radius 1 is 1.29 bits per heavy atom. The molecule has 0 atom stereocenters. The van der Waals surface area contributed by atoms with E-state index in [-0.39, 0.29) is 18.1 Å². The van der Waals surface area contributed by atoms with E-state index in [4.69, 9.17) is 27.7 Å². The van der Waals surface area contributed by atoms with Crippen LogP contribution in [0.15, 0.2) is 50.8 Å². The maximum Gasteiger partial charge on any atom is 0.282 e. The van der Waals surface area contributed by atoms with Gasteiger partial charge in [0, 0.05) is 5.92 Å². The number of aromatic nitrogens is 2. The summed E-state index contributed by atoms with van der Waals surface area (Å²) in [4.78, 5) is 18.1. The molecule has 1 aliphatic carbocycles. The predicted molar refractivity (Wildman–Crippen MR) is 128 cm³/mol. The molecule has 7 heteroatoms. The lowest BCUT2D eigenvalue weighted by Gasteiger charge is -2.22. The summed E-state index contributed by atoms with van der Waals surface area (Å²) >= 11 is 9.81. The SMILES string of the molecule is C#CCOc1c(Cl)cc(C=Nn2c(C3CCCCC3)nc3ccccc3c2=O)cc1Br. The van der Waals surface area contributed by atoms with E-state index in [9.17, 15) is 4.79 Å². The first kappa shape index (κ1) is 21.6. The molecule has 1 aromatic heterocycles. The average Bonchev–Trinajstić information content (AvgIpc) is 2.78. The quantitative estimate of drug-likeness (QED) is 0.332. The second-order valence-corrected chi connectivity index (χ2v) is 8.75. The zero-order valence-electron chi connectivity index (χ0n) is 16.9. The minimum absolute atomic E-state index is 0.120. The second kappa shape index (κ2) is 9.67. The summed E-state index contributed by atoms with van der Waals surface area (Å²) < 4.78 is 7.58. The number of fused-ring (bicyclic) bond motifs is 1. The normalized spacial score (nSPS) is 14.7. The van der Waals surface area contributed by atoms with Crippen LogP contribution in [-0.4, -0.2) is 22.5 Å². The molecule has 0 bridgehead atoms. The van der Waals surface area contributed by atoms with Crippen molar-refractivity contribution in [3.8, 4) is 18.1 Å². The highest BCUT2D eigenvalue weighted by Gasteiger charge is 2.22. The van der Waals surface area contributed by atoms with Crippen molar-refractivity contribution in [1.82, 2.24) is 9.66 Å². The molecule has 0 aliphatic heterocycles. The summed E-state index contributed by atoms with van der Waals surface area (Å²) in [5.41, 5.74) is 1.27. The summed E-state index contributed by atoms with van der Waals surface area (Å²) in [6, 6.07) is 10.9. The number of hydrogen-bond acceptors (Lipinski definition) is 4. The minimum Gasteiger partial charge on any atom is -0.478 e. The topological polar surface area (TPSA) is 56.5 Å². The van der Waals surface area contributed by atoms with E-state index < -0.39 is 0 Å². The maximum atomic E-state index is 13.3. The molecule has 4 rings (SSSR count). The maximum absolute atomic E-state index is 13.3. The van der Waals surface area contributed by atoms with Crippen LogP contribution >= 0.6 is 27.5 Å². The molecule has 158 valence electrons. The van der Waals surface area contributed by atoms with Gasteiger partial charge in [-0.25, -0.2) is 4.98 Å². The first-order valence-corrected chi connectivity index (χ1v) is 11.4. The zero-order valence-corrected chi connectivity index (χ0v) is 19.2. The monoisotopic (exact) mass is 497 g/mol. The molecule has 0 spiro atoms. The van der Waals surface area contributed by atoms with E-state index in [1.807, 2.05) is 24.3 Å². The molecule has 0 N–H and O–H groups in total. The summed E-state index contributed by atoms with van der Waals surface area (Å²) in [7, 11) is 0. The van der Waals surface area contributed by atoms with E-state index >= 15 is 0 Å². The zero-order chi connectivity index (χ0) is 21.8. The lowest BCUT2D eigenvalue weighted by Crippen LogP contribution is -2.25. The minimum atomic E-state index is -0.165. The Morgan fingerprint density at radius 3 is 2.81 bits per heavy atom. The summed E-state index contributed by atoms with van der Waals surface area (Å²) in [5, 5.41) is 5.50. The Kier molecular flexibility index (Phi) is 6.74. The number of rotatable bonds is 5. The van der Waals surface area contributed by atoms with Crippen LogP contribution in [0.5, 0.6) is 5.75 Å². The van der Waals surface area contributed by atoms with Gasteiger partial charge in [-0.1, -0.05) is 48.9 Å². The molecular formula is C24H21BrClN3O2. The Labute approximate surface area is 194 Å². The lowest BCUT2D eigenvalue weighted by molar-refractivity contribution is 0.368. The molecule has 0 amide bonds. The molecule has 2 aromatic carbocycles. The van der Waals surface area contributed by atoms with E-state index in [0.717, 1.165) is 37.1 Å². The van der Waals surface area contributed by atoms with Crippen LogP contribution < -0.4 is 10.3 Å². The lowest BCUT2D eigenvalue weighted by atomic mass is 9.88. The van der Waals surface area contributed by atoms with Gasteiger partial charge in [-0.3, -0.25) is 4.79 Å². The van der Waals surface area contributed by atoms with E-state index in [1.54, 1.807) is 18.3 Å². The van der Waals surface area contributed by atoms with Crippen LogP contribution in [0, 0.1) is 12.3 Å². The number of para-hydroxylation sites is 1. The number of nitrogens with zero attached hydrogens (tertiary/aromatic N) is 3. The smallest absolute Gasteiger partial charge is 0.282 e. The Morgan fingerprint density at radius 2 is 2.06 bits per heavy atom. The summed E-state index contributed by atoms with van der Waals surface area (Å²) in [6.07, 6.45) is 12.4. The Hall–Kier alpha value is -2.62. The third-order valence-corrected chi connectivity index (χ3v) is 6.26. The van der Waals surface area contributed by atoms with Gasteiger partial charge in [-0.15, -0.1) is 6.42 Å². The summed E-state index contributed by atoms with van der Waals surface area (Å²) in [6.45, 7) is 0.120. The second-order valence-electron chi connectivity index (χ2n) is 7.49. The highest BCUT2D eigenvalue weighted by molar-refractivity contribution is 9.10. The van der Waals surface area contributed by atoms with E-state index in [1.165, 1.54) is 11.1 Å². The highest BCUT2D eigenvalue weighted by atomic mass is 79.9. The van der Waals surface area contributed by atoms with Gasteiger partial charge in [0.2, 0.25) is 0 Å². The van der Waals surface area contributed by atoms with Crippen LogP contribution in [-0.2, 0) is 0 Å². The Balaban J connectivity index is 1.77. The standard InChI is InChI=1S/C24H21BrClN3O2/c1-2-12-31-22-19(25)13-16(14-20(22)26)15-27-29-23(17-8-4-3-5-9-17)28-21-11-7-6-10-18(21)24(29)30/h1,6-7,10-11,13-15,17H,3-5,8-9,12H2. The van der Waals surface area contributed by atoms with Crippen LogP contribution in [0.2, 0.25) is 5.02 Å². The van der Waals surface area contributed by atoms with Crippen LogP contribution in [0.4, 0.5) is 0 Å². The van der Waals surface area contributed by atoms with Gasteiger partial charge < -0.3 is 4.74 Å². The van der Waals surface area contributed by atoms with Gasteiger partial charge >= 0.3 is 0 Å². The third kappa shape index (κ3) is 4.68.